The summed E-state index contributed by atoms with van der Waals surface area (Å²) in [6.07, 6.45) is 11.4. The first-order chi connectivity index (χ1) is 18.0. The highest BCUT2D eigenvalue weighted by Gasteiger charge is 2.30. The van der Waals surface area contributed by atoms with Crippen LogP contribution >= 0.6 is 11.8 Å². The summed E-state index contributed by atoms with van der Waals surface area (Å²) >= 11 is 1.65. The number of aryl methyl sites for hydroxylation is 1. The van der Waals surface area contributed by atoms with Crippen molar-refractivity contribution in [2.45, 2.75) is 76.5 Å². The number of hydrogen-bond acceptors (Lipinski definition) is 3. The van der Waals surface area contributed by atoms with Crippen LogP contribution in [-0.2, 0) is 23.8 Å². The molecule has 2 aromatic carbocycles. The molecule has 0 bridgehead atoms. The smallest absolute Gasteiger partial charge is 0.140 e. The molecule has 0 aromatic heterocycles. The average Bonchev–Trinajstić information content (AvgIpc) is 3.29. The first kappa shape index (κ1) is 28.3. The van der Waals surface area contributed by atoms with Crippen LogP contribution in [0.2, 0.25) is 0 Å². The average molecular weight is 541 g/mol. The molecule has 0 spiro atoms. The van der Waals surface area contributed by atoms with E-state index in [1.807, 2.05) is 12.1 Å². The van der Waals surface area contributed by atoms with E-state index in [1.54, 1.807) is 24.0 Å². The zero-order valence-corrected chi connectivity index (χ0v) is 24.1. The maximum atomic E-state index is 15.3. The summed E-state index contributed by atoms with van der Waals surface area (Å²) in [5.74, 6) is 2.93. The summed E-state index contributed by atoms with van der Waals surface area (Å²) in [6, 6.07) is 14.4. The minimum atomic E-state index is -1.62. The summed E-state index contributed by atoms with van der Waals surface area (Å²) in [5, 5.41) is 0.884. The molecule has 4 rings (SSSR count). The zero-order chi connectivity index (χ0) is 26.2. The second kappa shape index (κ2) is 13.9. The lowest BCUT2D eigenvalue weighted by Crippen LogP contribution is -2.24. The molecule has 2 aliphatic rings. The van der Waals surface area contributed by atoms with Crippen LogP contribution < -0.4 is 4.72 Å². The van der Waals surface area contributed by atoms with E-state index in [0.717, 1.165) is 41.2 Å². The fourth-order valence-corrected chi connectivity index (χ4v) is 7.67. The predicted molar refractivity (Wildman–Crippen MR) is 157 cm³/mol. The summed E-state index contributed by atoms with van der Waals surface area (Å²) in [7, 11) is -1.62. The van der Waals surface area contributed by atoms with Gasteiger partial charge in [-0.2, -0.15) is 0 Å². The highest BCUT2D eigenvalue weighted by molar-refractivity contribution is 8.14. The SMILES string of the molecule is CCc1cc(S(=O)NCC2=NC=CCCS2)c(F)cc1CC(C)C1CCC[C@@H](C)[C@@H](c2ccccc2)C1. The molecule has 1 saturated carbocycles. The third-order valence-corrected chi connectivity index (χ3v) is 10.3. The van der Waals surface area contributed by atoms with Crippen molar-refractivity contribution < 1.29 is 8.60 Å². The zero-order valence-electron chi connectivity index (χ0n) is 22.4. The Bertz CT molecular complexity index is 1120. The van der Waals surface area contributed by atoms with E-state index >= 15 is 4.39 Å². The maximum absolute atomic E-state index is 15.3. The monoisotopic (exact) mass is 540 g/mol. The van der Waals surface area contributed by atoms with Crippen LogP contribution in [0.25, 0.3) is 0 Å². The number of nitrogens with one attached hydrogen (secondary N) is 1. The Labute approximate surface area is 229 Å². The largest absolute Gasteiger partial charge is 0.253 e. The van der Waals surface area contributed by atoms with Gasteiger partial charge in [0.2, 0.25) is 0 Å². The van der Waals surface area contributed by atoms with Crippen molar-refractivity contribution >= 4 is 27.8 Å². The van der Waals surface area contributed by atoms with E-state index in [0.29, 0.717) is 30.2 Å². The standard InChI is InChI=1S/C31H41FN2OS2/c1-4-24-20-30(37(35)34-21-31-33-15-8-9-16-36-31)29(32)19-27(24)17-23(3)26-14-10-11-22(2)28(18-26)25-12-6-5-7-13-25/h5-8,12-13,15,19-20,22-23,26,28,34H,4,9-11,14,16-18,21H2,1-3H3/t22-,23?,26?,28+,37?/m1/s1. The summed E-state index contributed by atoms with van der Waals surface area (Å²) in [5.41, 5.74) is 3.62. The van der Waals surface area contributed by atoms with E-state index in [9.17, 15) is 4.21 Å². The van der Waals surface area contributed by atoms with Gasteiger partial charge in [-0.3, -0.25) is 4.99 Å². The molecule has 0 amide bonds. The van der Waals surface area contributed by atoms with E-state index in [4.69, 9.17) is 0 Å². The van der Waals surface area contributed by atoms with E-state index in [2.05, 4.69) is 60.8 Å². The van der Waals surface area contributed by atoms with Crippen LogP contribution in [0.3, 0.4) is 0 Å². The number of aliphatic imine (C=N–C) groups is 1. The summed E-state index contributed by atoms with van der Waals surface area (Å²) in [6.45, 7) is 7.22. The van der Waals surface area contributed by atoms with Crippen molar-refractivity contribution in [1.29, 1.82) is 0 Å². The second-order valence-corrected chi connectivity index (χ2v) is 13.1. The van der Waals surface area contributed by atoms with Crippen LogP contribution in [0.1, 0.15) is 75.5 Å². The van der Waals surface area contributed by atoms with Gasteiger partial charge in [-0.15, -0.1) is 11.8 Å². The Morgan fingerprint density at radius 3 is 2.78 bits per heavy atom. The third kappa shape index (κ3) is 7.64. The van der Waals surface area contributed by atoms with Crippen molar-refractivity contribution in [3.8, 4) is 0 Å². The number of thioether (sulfide) groups is 1. The number of allylic oxidation sites excluding steroid dienone is 1. The Kier molecular flexibility index (Phi) is 10.6. The molecular weight excluding hydrogens is 499 g/mol. The minimum Gasteiger partial charge on any atom is -0.253 e. The van der Waals surface area contributed by atoms with Gasteiger partial charge in [0.15, 0.2) is 0 Å². The third-order valence-electron chi connectivity index (χ3n) is 8.12. The van der Waals surface area contributed by atoms with Crippen molar-refractivity contribution in [1.82, 2.24) is 4.72 Å². The van der Waals surface area contributed by atoms with Gasteiger partial charge in [-0.25, -0.2) is 13.3 Å². The molecule has 37 heavy (non-hydrogen) atoms. The quantitative estimate of drug-likeness (QED) is 0.329. The van der Waals surface area contributed by atoms with Gasteiger partial charge in [-0.1, -0.05) is 76.4 Å². The lowest BCUT2D eigenvalue weighted by atomic mass is 9.76. The summed E-state index contributed by atoms with van der Waals surface area (Å²) < 4.78 is 31.2. The van der Waals surface area contributed by atoms with Crippen LogP contribution in [0.4, 0.5) is 4.39 Å². The fraction of sp³-hybridized carbons (Fsp3) is 0.516. The Morgan fingerprint density at radius 1 is 1.19 bits per heavy atom. The van der Waals surface area contributed by atoms with Gasteiger partial charge in [0, 0.05) is 12.0 Å². The van der Waals surface area contributed by atoms with Gasteiger partial charge in [0.05, 0.1) is 16.5 Å². The summed E-state index contributed by atoms with van der Waals surface area (Å²) in [4.78, 5) is 4.63. The number of halogens is 1. The molecule has 0 radical (unpaired) electrons. The highest BCUT2D eigenvalue weighted by Crippen LogP contribution is 2.42. The Hall–Kier alpha value is -1.76. The fourth-order valence-electron chi connectivity index (χ4n) is 5.87. The number of rotatable bonds is 9. The Morgan fingerprint density at radius 2 is 2.00 bits per heavy atom. The topological polar surface area (TPSA) is 41.5 Å². The number of nitrogens with zero attached hydrogens (tertiary/aromatic N) is 1. The van der Waals surface area contributed by atoms with Gasteiger partial charge in [0.25, 0.3) is 0 Å². The van der Waals surface area contributed by atoms with Gasteiger partial charge < -0.3 is 0 Å². The van der Waals surface area contributed by atoms with Gasteiger partial charge >= 0.3 is 0 Å². The van der Waals surface area contributed by atoms with Crippen LogP contribution in [0, 0.1) is 23.6 Å². The van der Waals surface area contributed by atoms with Crippen molar-refractivity contribution in [3.05, 3.63) is 77.2 Å². The molecule has 6 heteroatoms. The van der Waals surface area contributed by atoms with Gasteiger partial charge in [0.1, 0.15) is 16.8 Å². The second-order valence-electron chi connectivity index (χ2n) is 10.6. The van der Waals surface area contributed by atoms with Crippen molar-refractivity contribution in [3.63, 3.8) is 0 Å². The van der Waals surface area contributed by atoms with Crippen LogP contribution in [0.15, 0.2) is 64.6 Å². The molecule has 1 heterocycles. The predicted octanol–water partition coefficient (Wildman–Crippen LogP) is 7.84. The molecule has 3 nitrogen and oxygen atoms in total. The molecule has 1 aliphatic carbocycles. The molecule has 5 atom stereocenters. The normalized spacial score (nSPS) is 24.1. The molecule has 2 aromatic rings. The molecule has 1 N–H and O–H groups in total. The molecule has 3 unspecified atom stereocenters. The van der Waals surface area contributed by atoms with E-state index in [1.165, 1.54) is 31.2 Å². The minimum absolute atomic E-state index is 0.246. The maximum Gasteiger partial charge on any atom is 0.140 e. The number of benzene rings is 2. The van der Waals surface area contributed by atoms with E-state index < -0.39 is 11.0 Å². The first-order valence-electron chi connectivity index (χ1n) is 13.8. The molecule has 1 aliphatic heterocycles. The van der Waals surface area contributed by atoms with Crippen LogP contribution in [-0.4, -0.2) is 21.6 Å². The van der Waals surface area contributed by atoms with Gasteiger partial charge in [-0.05, 0) is 78.2 Å². The highest BCUT2D eigenvalue weighted by atomic mass is 32.2. The first-order valence-corrected chi connectivity index (χ1v) is 16.0. The lowest BCUT2D eigenvalue weighted by molar-refractivity contribution is 0.295. The number of hydrogen-bond donors (Lipinski definition) is 1. The Balaban J connectivity index is 1.45. The van der Waals surface area contributed by atoms with Crippen molar-refractivity contribution in [2.24, 2.45) is 22.7 Å². The lowest BCUT2D eigenvalue weighted by Gasteiger charge is -2.29. The van der Waals surface area contributed by atoms with Crippen LogP contribution in [0.5, 0.6) is 0 Å². The molecule has 0 saturated heterocycles. The molecule has 1 fully saturated rings. The molecular formula is C31H41FN2OS2. The molecule has 200 valence electrons. The van der Waals surface area contributed by atoms with Crippen molar-refractivity contribution in [2.75, 3.05) is 12.3 Å². The van der Waals surface area contributed by atoms with E-state index in [-0.39, 0.29) is 10.7 Å².